The van der Waals surface area contributed by atoms with Gasteiger partial charge in [0, 0.05) is 18.3 Å². The number of Topliss-reactive ketones (excluding diaryl/α,β-unsaturated/α-hetero) is 1. The van der Waals surface area contributed by atoms with Gasteiger partial charge in [-0.15, -0.1) is 0 Å². The molecule has 5 unspecified atom stereocenters. The molecule has 0 spiro atoms. The monoisotopic (exact) mass is 386 g/mol. The summed E-state index contributed by atoms with van der Waals surface area (Å²) in [6.07, 6.45) is 5.52. The highest BCUT2D eigenvalue weighted by atomic mass is 16.5. The van der Waals surface area contributed by atoms with Gasteiger partial charge in [0.05, 0.1) is 7.11 Å². The van der Waals surface area contributed by atoms with Crippen molar-refractivity contribution in [1.29, 1.82) is 0 Å². The lowest BCUT2D eigenvalue weighted by Gasteiger charge is -2.50. The van der Waals surface area contributed by atoms with E-state index < -0.39 is 5.97 Å². The van der Waals surface area contributed by atoms with Crippen molar-refractivity contribution in [2.75, 3.05) is 7.11 Å². The second-order valence-electron chi connectivity index (χ2n) is 8.68. The fourth-order valence-electron chi connectivity index (χ4n) is 6.32. The van der Waals surface area contributed by atoms with E-state index in [0.29, 0.717) is 36.4 Å². The minimum Gasteiger partial charge on any atom is -0.497 e. The molecule has 4 rings (SSSR count). The Kier molecular flexibility index (Phi) is 6.16. The molecular formula is C24H34O4. The molecule has 28 heavy (non-hydrogen) atoms. The Balaban J connectivity index is 0.00000109. The SMILES string of the molecule is CC.COc1ccc2c(c1)CCC1C2CCC2(C)C(=O)CC(CCC(=O)O)C12. The molecule has 154 valence electrons. The van der Waals surface area contributed by atoms with Crippen LogP contribution in [0.25, 0.3) is 0 Å². The van der Waals surface area contributed by atoms with Crippen LogP contribution in [0.3, 0.4) is 0 Å². The van der Waals surface area contributed by atoms with Crippen LogP contribution < -0.4 is 4.74 Å². The number of rotatable bonds is 4. The van der Waals surface area contributed by atoms with Crippen LogP contribution in [0.5, 0.6) is 5.75 Å². The third-order valence-corrected chi connectivity index (χ3v) is 7.51. The molecule has 1 aromatic carbocycles. The second kappa shape index (κ2) is 8.26. The predicted octanol–water partition coefficient (Wildman–Crippen LogP) is 5.24. The Hall–Kier alpha value is -1.84. The second-order valence-corrected chi connectivity index (χ2v) is 8.68. The molecule has 0 amide bonds. The largest absolute Gasteiger partial charge is 0.497 e. The van der Waals surface area contributed by atoms with E-state index in [1.165, 1.54) is 11.1 Å². The highest BCUT2D eigenvalue weighted by molar-refractivity contribution is 5.87. The number of hydrogen-bond donors (Lipinski definition) is 1. The summed E-state index contributed by atoms with van der Waals surface area (Å²) in [6, 6.07) is 6.44. The highest BCUT2D eigenvalue weighted by Crippen LogP contribution is 2.62. The number of carbonyl (C=O) groups is 2. The minimum atomic E-state index is -0.750. The Labute approximate surface area is 168 Å². The molecule has 0 heterocycles. The van der Waals surface area contributed by atoms with Crippen LogP contribution in [-0.4, -0.2) is 24.0 Å². The van der Waals surface area contributed by atoms with Crippen molar-refractivity contribution < 1.29 is 19.4 Å². The van der Waals surface area contributed by atoms with E-state index >= 15 is 0 Å². The van der Waals surface area contributed by atoms with E-state index in [1.807, 2.05) is 13.8 Å². The molecule has 0 aromatic heterocycles. The maximum Gasteiger partial charge on any atom is 0.303 e. The number of carboxylic acid groups (broad SMARTS) is 1. The molecule has 1 N–H and O–H groups in total. The first-order valence-electron chi connectivity index (χ1n) is 10.9. The van der Waals surface area contributed by atoms with Crippen LogP contribution in [0, 0.1) is 23.2 Å². The summed E-state index contributed by atoms with van der Waals surface area (Å²) in [5.41, 5.74) is 2.58. The summed E-state index contributed by atoms with van der Waals surface area (Å²) in [5.74, 6) is 2.11. The third kappa shape index (κ3) is 3.46. The van der Waals surface area contributed by atoms with Crippen molar-refractivity contribution in [2.45, 2.75) is 71.6 Å². The average Bonchev–Trinajstić information content (AvgIpc) is 2.97. The molecule has 1 aromatic rings. The standard InChI is InChI=1S/C22H28O4.C2H6/c1-22-10-9-17-16-7-5-15(26-2)11-13(16)3-6-18(17)21(22)14(12-19(22)23)4-8-20(24)25;1-2/h5,7,11,14,17-18,21H,3-4,6,8-10,12H2,1-2H3,(H,24,25);1-2H3. The smallest absolute Gasteiger partial charge is 0.303 e. The van der Waals surface area contributed by atoms with E-state index in [1.54, 1.807) is 7.11 Å². The zero-order valence-electron chi connectivity index (χ0n) is 17.7. The molecule has 3 aliphatic carbocycles. The van der Waals surface area contributed by atoms with Gasteiger partial charge in [-0.05, 0) is 79.0 Å². The molecule has 2 fully saturated rings. The number of carboxylic acids is 1. The number of aliphatic carboxylic acids is 1. The molecule has 3 aliphatic rings. The number of carbonyl (C=O) groups excluding carboxylic acids is 1. The van der Waals surface area contributed by atoms with Crippen molar-refractivity contribution in [3.8, 4) is 5.75 Å². The van der Waals surface area contributed by atoms with Gasteiger partial charge in [0.1, 0.15) is 11.5 Å². The molecule has 4 nitrogen and oxygen atoms in total. The number of benzene rings is 1. The summed E-state index contributed by atoms with van der Waals surface area (Å²) in [7, 11) is 1.70. The Morgan fingerprint density at radius 3 is 2.71 bits per heavy atom. The van der Waals surface area contributed by atoms with Crippen LogP contribution in [0.2, 0.25) is 0 Å². The zero-order valence-corrected chi connectivity index (χ0v) is 17.7. The Bertz CT molecular complexity index is 740. The maximum absolute atomic E-state index is 12.8. The molecule has 2 saturated carbocycles. The van der Waals surface area contributed by atoms with Crippen LogP contribution in [0.15, 0.2) is 18.2 Å². The molecule has 5 atom stereocenters. The highest BCUT2D eigenvalue weighted by Gasteiger charge is 2.58. The van der Waals surface area contributed by atoms with Gasteiger partial charge in [-0.1, -0.05) is 26.8 Å². The van der Waals surface area contributed by atoms with E-state index in [-0.39, 0.29) is 17.8 Å². The third-order valence-electron chi connectivity index (χ3n) is 7.51. The molecule has 4 heteroatoms. The number of fused-ring (bicyclic) bond motifs is 5. The number of aryl methyl sites for hydroxylation is 1. The molecule has 0 saturated heterocycles. The van der Waals surface area contributed by atoms with Gasteiger partial charge >= 0.3 is 5.97 Å². The molecular weight excluding hydrogens is 352 g/mol. The first-order chi connectivity index (χ1) is 13.4. The maximum atomic E-state index is 12.8. The summed E-state index contributed by atoms with van der Waals surface area (Å²) < 4.78 is 5.39. The molecule has 0 bridgehead atoms. The number of ketones is 1. The Morgan fingerprint density at radius 1 is 1.29 bits per heavy atom. The zero-order chi connectivity index (χ0) is 20.5. The fourth-order valence-corrected chi connectivity index (χ4v) is 6.32. The minimum absolute atomic E-state index is 0.176. The van der Waals surface area contributed by atoms with Crippen molar-refractivity contribution in [2.24, 2.45) is 23.2 Å². The van der Waals surface area contributed by atoms with E-state index in [4.69, 9.17) is 9.84 Å². The van der Waals surface area contributed by atoms with Crippen LogP contribution in [0.4, 0.5) is 0 Å². The lowest BCUT2D eigenvalue weighted by Crippen LogP contribution is -2.44. The van der Waals surface area contributed by atoms with Gasteiger partial charge in [-0.3, -0.25) is 9.59 Å². The van der Waals surface area contributed by atoms with Gasteiger partial charge in [-0.25, -0.2) is 0 Å². The van der Waals surface area contributed by atoms with Crippen LogP contribution in [-0.2, 0) is 16.0 Å². The van der Waals surface area contributed by atoms with Gasteiger partial charge in [0.15, 0.2) is 0 Å². The van der Waals surface area contributed by atoms with Crippen LogP contribution >= 0.6 is 0 Å². The number of methoxy groups -OCH3 is 1. The number of hydrogen-bond acceptors (Lipinski definition) is 3. The summed E-state index contributed by atoms with van der Waals surface area (Å²) >= 11 is 0. The van der Waals surface area contributed by atoms with Crippen molar-refractivity contribution in [3.63, 3.8) is 0 Å². The quantitative estimate of drug-likeness (QED) is 0.769. The van der Waals surface area contributed by atoms with E-state index in [0.717, 1.165) is 31.4 Å². The molecule has 0 radical (unpaired) electrons. The first kappa shape index (κ1) is 20.9. The van der Waals surface area contributed by atoms with Crippen LogP contribution in [0.1, 0.15) is 76.3 Å². The van der Waals surface area contributed by atoms with Gasteiger partial charge in [-0.2, -0.15) is 0 Å². The molecule has 0 aliphatic heterocycles. The lowest BCUT2D eigenvalue weighted by atomic mass is 9.54. The van der Waals surface area contributed by atoms with Gasteiger partial charge in [0.25, 0.3) is 0 Å². The predicted molar refractivity (Wildman–Crippen MR) is 110 cm³/mol. The first-order valence-corrected chi connectivity index (χ1v) is 10.9. The van der Waals surface area contributed by atoms with Crippen molar-refractivity contribution in [1.82, 2.24) is 0 Å². The normalized spacial score (nSPS) is 33.1. The topological polar surface area (TPSA) is 63.6 Å². The van der Waals surface area contributed by atoms with Crippen molar-refractivity contribution in [3.05, 3.63) is 29.3 Å². The Morgan fingerprint density at radius 2 is 2.04 bits per heavy atom. The van der Waals surface area contributed by atoms with Crippen molar-refractivity contribution >= 4 is 11.8 Å². The van der Waals surface area contributed by atoms with Gasteiger partial charge < -0.3 is 9.84 Å². The lowest BCUT2D eigenvalue weighted by molar-refractivity contribution is -0.137. The fraction of sp³-hybridized carbons (Fsp3) is 0.667. The number of ether oxygens (including phenoxy) is 1. The average molecular weight is 387 g/mol. The van der Waals surface area contributed by atoms with E-state index in [2.05, 4.69) is 25.1 Å². The summed E-state index contributed by atoms with van der Waals surface area (Å²) in [6.45, 7) is 6.15. The summed E-state index contributed by atoms with van der Waals surface area (Å²) in [5, 5.41) is 9.12. The summed E-state index contributed by atoms with van der Waals surface area (Å²) in [4.78, 5) is 23.9. The van der Waals surface area contributed by atoms with Gasteiger partial charge in [0.2, 0.25) is 0 Å². The van der Waals surface area contributed by atoms with E-state index in [9.17, 15) is 9.59 Å².